The number of rotatable bonds is 5. The molecular formula is C19H19N3O6. The number of benzene rings is 1. The van der Waals surface area contributed by atoms with Gasteiger partial charge >= 0.3 is 5.69 Å². The largest absolute Gasteiger partial charge is 0.496 e. The first-order chi connectivity index (χ1) is 13.5. The highest BCUT2D eigenvalue weighted by molar-refractivity contribution is 6.06. The lowest BCUT2D eigenvalue weighted by Gasteiger charge is -2.37. The number of hydrazone groups is 1. The predicted molar refractivity (Wildman–Crippen MR) is 98.0 cm³/mol. The normalized spacial score (nSPS) is 28.1. The maximum Gasteiger partial charge on any atom is 0.311 e. The van der Waals surface area contributed by atoms with Crippen molar-refractivity contribution in [2.24, 2.45) is 28.8 Å². The van der Waals surface area contributed by atoms with Gasteiger partial charge in [0.15, 0.2) is 0 Å². The number of hydrogen-bond donors (Lipinski definition) is 0. The Morgan fingerprint density at radius 3 is 2.11 bits per heavy atom. The zero-order chi connectivity index (χ0) is 20.0. The van der Waals surface area contributed by atoms with Gasteiger partial charge in [-0.25, -0.2) is 0 Å². The summed E-state index contributed by atoms with van der Waals surface area (Å²) in [7, 11) is 2.73. The van der Waals surface area contributed by atoms with Gasteiger partial charge in [0.05, 0.1) is 37.2 Å². The van der Waals surface area contributed by atoms with Crippen LogP contribution in [0.25, 0.3) is 0 Å². The summed E-state index contributed by atoms with van der Waals surface area (Å²) in [6, 6.07) is 2.61. The summed E-state index contributed by atoms with van der Waals surface area (Å²) in [6.07, 6.45) is 7.11. The van der Waals surface area contributed by atoms with Crippen molar-refractivity contribution < 1.29 is 24.0 Å². The van der Waals surface area contributed by atoms with Gasteiger partial charge in [-0.3, -0.25) is 19.7 Å². The second kappa shape index (κ2) is 6.74. The van der Waals surface area contributed by atoms with Crippen LogP contribution < -0.4 is 9.47 Å². The van der Waals surface area contributed by atoms with Gasteiger partial charge in [0.1, 0.15) is 5.75 Å². The van der Waals surface area contributed by atoms with Crippen molar-refractivity contribution in [1.82, 2.24) is 5.01 Å². The third kappa shape index (κ3) is 2.65. The number of methoxy groups -OCH3 is 2. The number of ether oxygens (including phenoxy) is 2. The van der Waals surface area contributed by atoms with Crippen molar-refractivity contribution in [2.45, 2.75) is 12.8 Å². The van der Waals surface area contributed by atoms with E-state index in [0.717, 1.165) is 17.9 Å². The van der Waals surface area contributed by atoms with Gasteiger partial charge in [-0.1, -0.05) is 12.2 Å². The fraction of sp³-hybridized carbons (Fsp3) is 0.421. The van der Waals surface area contributed by atoms with Crippen LogP contribution in [0.2, 0.25) is 0 Å². The van der Waals surface area contributed by atoms with E-state index in [1.807, 2.05) is 12.2 Å². The molecule has 1 saturated carbocycles. The van der Waals surface area contributed by atoms with Gasteiger partial charge in [-0.2, -0.15) is 10.1 Å². The van der Waals surface area contributed by atoms with Crippen LogP contribution in [0.15, 0.2) is 29.4 Å². The topological polar surface area (TPSA) is 111 Å². The number of nitro groups is 1. The molecule has 0 spiro atoms. The summed E-state index contributed by atoms with van der Waals surface area (Å²) in [4.78, 5) is 36.3. The second-order valence-corrected chi connectivity index (χ2v) is 7.10. The molecule has 4 atom stereocenters. The molecule has 2 fully saturated rings. The number of allylic oxidation sites excluding steroid dienone is 2. The molecule has 3 aliphatic carbocycles. The molecule has 1 heterocycles. The average Bonchev–Trinajstić information content (AvgIpc) is 2.98. The van der Waals surface area contributed by atoms with Crippen LogP contribution >= 0.6 is 0 Å². The lowest BCUT2D eigenvalue weighted by molar-refractivity contribution is -0.385. The first-order valence-electron chi connectivity index (χ1n) is 8.96. The Bertz CT molecular complexity index is 892. The summed E-state index contributed by atoms with van der Waals surface area (Å²) in [6.45, 7) is 0. The van der Waals surface area contributed by atoms with E-state index in [-0.39, 0.29) is 58.2 Å². The Kier molecular flexibility index (Phi) is 4.37. The Labute approximate surface area is 160 Å². The molecular weight excluding hydrogens is 366 g/mol. The standard InChI is InChI=1S/C19H19N3O6/c1-27-14-8-15(28-2)13(22(25)26)7-12(14)9-20-21-18(23)16-10-3-4-11(6-5-10)17(16)19(21)24/h3-4,7-11,16-17H,5-6H2,1-2H3/b20-9-/t10-,11+,16+,17-. The number of carbonyl (C=O) groups is 2. The highest BCUT2D eigenvalue weighted by Gasteiger charge is 2.56. The third-order valence-electron chi connectivity index (χ3n) is 5.78. The predicted octanol–water partition coefficient (Wildman–Crippen LogP) is 2.14. The fourth-order valence-corrected chi connectivity index (χ4v) is 4.44. The molecule has 1 aromatic carbocycles. The molecule has 2 bridgehead atoms. The molecule has 9 nitrogen and oxygen atoms in total. The van der Waals surface area contributed by atoms with Gasteiger partial charge in [0, 0.05) is 17.7 Å². The van der Waals surface area contributed by atoms with Crippen molar-refractivity contribution in [2.75, 3.05) is 14.2 Å². The number of fused-ring (bicyclic) bond motifs is 1. The first-order valence-corrected chi connectivity index (χ1v) is 8.96. The summed E-state index contributed by atoms with van der Waals surface area (Å²) in [5, 5.41) is 16.2. The van der Waals surface area contributed by atoms with E-state index in [0.29, 0.717) is 0 Å². The lowest BCUT2D eigenvalue weighted by Crippen LogP contribution is -2.38. The van der Waals surface area contributed by atoms with Crippen LogP contribution in [0.4, 0.5) is 5.69 Å². The Morgan fingerprint density at radius 2 is 1.64 bits per heavy atom. The van der Waals surface area contributed by atoms with E-state index in [4.69, 9.17) is 9.47 Å². The summed E-state index contributed by atoms with van der Waals surface area (Å²) < 4.78 is 10.3. The van der Waals surface area contributed by atoms with Crippen molar-refractivity contribution in [3.63, 3.8) is 0 Å². The van der Waals surface area contributed by atoms with Crippen LogP contribution in [0.5, 0.6) is 11.5 Å². The average molecular weight is 385 g/mol. The quantitative estimate of drug-likeness (QED) is 0.252. The molecule has 2 amide bonds. The maximum absolute atomic E-state index is 12.8. The van der Waals surface area contributed by atoms with Crippen LogP contribution in [-0.2, 0) is 9.59 Å². The van der Waals surface area contributed by atoms with Gasteiger partial charge in [-0.05, 0) is 24.7 Å². The highest BCUT2D eigenvalue weighted by Crippen LogP contribution is 2.49. The maximum atomic E-state index is 12.8. The molecule has 0 aromatic heterocycles. The molecule has 0 radical (unpaired) electrons. The van der Waals surface area contributed by atoms with Crippen molar-refractivity contribution >= 4 is 23.7 Å². The van der Waals surface area contributed by atoms with E-state index >= 15 is 0 Å². The Balaban J connectivity index is 1.66. The number of amides is 2. The van der Waals surface area contributed by atoms with Crippen molar-refractivity contribution in [1.29, 1.82) is 0 Å². The highest BCUT2D eigenvalue weighted by atomic mass is 16.6. The SMILES string of the molecule is COc1cc(OC)c([N+](=O)[O-])cc1/C=N\N1C(=O)[C@@H]2[C@H](C1=O)[C@H]1C=C[C@@H]2CC1. The fourth-order valence-electron chi connectivity index (χ4n) is 4.44. The molecule has 0 N–H and O–H groups in total. The zero-order valence-corrected chi connectivity index (χ0v) is 15.4. The van der Waals surface area contributed by atoms with Crippen LogP contribution in [0.1, 0.15) is 18.4 Å². The Morgan fingerprint density at radius 1 is 1.07 bits per heavy atom. The summed E-state index contributed by atoms with van der Waals surface area (Å²) >= 11 is 0. The number of imide groups is 1. The molecule has 1 saturated heterocycles. The van der Waals surface area contributed by atoms with Crippen LogP contribution in [-0.4, -0.2) is 42.2 Å². The Hall–Kier alpha value is -3.23. The van der Waals surface area contributed by atoms with Gasteiger partial charge in [0.2, 0.25) is 5.75 Å². The number of hydrogen-bond acceptors (Lipinski definition) is 7. The van der Waals surface area contributed by atoms with Gasteiger partial charge in [-0.15, -0.1) is 0 Å². The monoisotopic (exact) mass is 385 g/mol. The van der Waals surface area contributed by atoms with E-state index in [9.17, 15) is 19.7 Å². The van der Waals surface area contributed by atoms with Gasteiger partial charge < -0.3 is 9.47 Å². The van der Waals surface area contributed by atoms with Gasteiger partial charge in [0.25, 0.3) is 11.8 Å². The molecule has 9 heteroatoms. The van der Waals surface area contributed by atoms with E-state index < -0.39 is 4.92 Å². The van der Waals surface area contributed by atoms with Crippen LogP contribution in [0.3, 0.4) is 0 Å². The summed E-state index contributed by atoms with van der Waals surface area (Å²) in [5.41, 5.74) is 0.00584. The molecule has 5 rings (SSSR count). The smallest absolute Gasteiger partial charge is 0.311 e. The third-order valence-corrected chi connectivity index (χ3v) is 5.78. The lowest BCUT2D eigenvalue weighted by atomic mass is 9.63. The molecule has 1 aliphatic heterocycles. The zero-order valence-electron chi connectivity index (χ0n) is 15.4. The molecule has 4 aliphatic rings. The van der Waals surface area contributed by atoms with E-state index in [2.05, 4.69) is 5.10 Å². The minimum Gasteiger partial charge on any atom is -0.496 e. The summed E-state index contributed by atoms with van der Waals surface area (Å²) in [5.74, 6) is -0.877. The number of nitro benzene ring substituents is 1. The first kappa shape index (κ1) is 18.1. The van der Waals surface area contributed by atoms with Crippen LogP contribution in [0, 0.1) is 33.8 Å². The minimum absolute atomic E-state index is 0.0426. The molecule has 146 valence electrons. The van der Waals surface area contributed by atoms with Crippen molar-refractivity contribution in [3.8, 4) is 11.5 Å². The van der Waals surface area contributed by atoms with E-state index in [1.165, 1.54) is 32.6 Å². The van der Waals surface area contributed by atoms with E-state index in [1.54, 1.807) is 0 Å². The molecule has 0 unspecified atom stereocenters. The number of nitrogens with zero attached hydrogens (tertiary/aromatic N) is 3. The minimum atomic E-state index is -0.584. The second-order valence-electron chi connectivity index (χ2n) is 7.10. The molecule has 1 aromatic rings. The number of carbonyl (C=O) groups excluding carboxylic acids is 2. The van der Waals surface area contributed by atoms with Crippen molar-refractivity contribution in [3.05, 3.63) is 40.0 Å². The molecule has 28 heavy (non-hydrogen) atoms.